The van der Waals surface area contributed by atoms with Gasteiger partial charge in [-0.05, 0) is 51.4 Å². The summed E-state index contributed by atoms with van der Waals surface area (Å²) in [5, 5.41) is 44.9. The molecule has 1 fully saturated rings. The largest absolute Gasteiger partial charge is 0.397 e. The Balaban J connectivity index is 2.23. The Morgan fingerprint density at radius 2 is 0.905 bits per heavy atom. The van der Waals surface area contributed by atoms with Crippen molar-refractivity contribution in [2.45, 2.75) is 333 Å². The van der Waals surface area contributed by atoms with Crippen LogP contribution < -0.4 is 5.32 Å². The number of rotatable bonds is 54. The Morgan fingerprint density at radius 1 is 0.541 bits per heavy atom. The number of amides is 1. The summed E-state index contributed by atoms with van der Waals surface area (Å²) in [7, 11) is -5.09. The van der Waals surface area contributed by atoms with Crippen LogP contribution in [0.4, 0.5) is 0 Å². The fraction of sp³-hybridized carbons (Fsp3) is 0.885. The molecule has 0 radical (unpaired) electrons. The molecule has 7 unspecified atom stereocenters. The normalized spacial score (nSPS) is 19.4. The van der Waals surface area contributed by atoms with Gasteiger partial charge >= 0.3 is 10.4 Å². The molecule has 12 nitrogen and oxygen atoms in total. The third-order valence-corrected chi connectivity index (χ3v) is 15.1. The van der Waals surface area contributed by atoms with E-state index in [0.717, 1.165) is 44.9 Å². The molecule has 1 amide bonds. The van der Waals surface area contributed by atoms with Gasteiger partial charge in [-0.3, -0.25) is 9.35 Å². The third kappa shape index (κ3) is 42.4. The molecule has 0 aromatic heterocycles. The average molecular weight is 1070 g/mol. The quantitative estimate of drug-likeness (QED) is 0.0193. The van der Waals surface area contributed by atoms with Crippen LogP contribution in [0, 0.1) is 0 Å². The summed E-state index contributed by atoms with van der Waals surface area (Å²) in [6, 6.07) is -0.943. The van der Waals surface area contributed by atoms with Crippen LogP contribution in [0.15, 0.2) is 36.5 Å². The number of allylic oxidation sites excluding steroid dienone is 5. The van der Waals surface area contributed by atoms with E-state index in [1.54, 1.807) is 6.08 Å². The second-order valence-electron chi connectivity index (χ2n) is 21.6. The number of nitrogens with one attached hydrogen (secondary N) is 1. The Bertz CT molecular complexity index is 1440. The molecule has 436 valence electrons. The van der Waals surface area contributed by atoms with Crippen molar-refractivity contribution >= 4 is 16.3 Å². The van der Waals surface area contributed by atoms with E-state index in [2.05, 4.69) is 47.7 Å². The maximum absolute atomic E-state index is 13.1. The monoisotopic (exact) mass is 1070 g/mol. The minimum Gasteiger partial charge on any atom is -0.394 e. The maximum Gasteiger partial charge on any atom is 0.397 e. The summed E-state index contributed by atoms with van der Waals surface area (Å²) in [4.78, 5) is 13.1. The van der Waals surface area contributed by atoms with Crippen molar-refractivity contribution in [2.75, 3.05) is 13.2 Å². The van der Waals surface area contributed by atoms with Gasteiger partial charge < -0.3 is 35.2 Å². The van der Waals surface area contributed by atoms with Crippen LogP contribution in [0.2, 0.25) is 0 Å². The first kappa shape index (κ1) is 70.3. The second-order valence-corrected chi connectivity index (χ2v) is 22.7. The molecule has 1 rings (SSSR count). The minimum atomic E-state index is -5.09. The van der Waals surface area contributed by atoms with E-state index < -0.39 is 59.9 Å². The Hall–Kier alpha value is -1.68. The summed E-state index contributed by atoms with van der Waals surface area (Å²) >= 11 is 0. The number of aliphatic hydroxyl groups is 4. The van der Waals surface area contributed by atoms with Gasteiger partial charge in [-0.2, -0.15) is 8.42 Å². The zero-order chi connectivity index (χ0) is 54.0. The first-order chi connectivity index (χ1) is 36.0. The van der Waals surface area contributed by atoms with Gasteiger partial charge in [-0.1, -0.05) is 269 Å². The Kier molecular flexibility index (Phi) is 48.3. The minimum absolute atomic E-state index is 0.259. The standard InChI is InChI=1S/C61H115NO11S/c1-3-5-7-9-11-13-15-17-19-20-21-22-23-24-25-26-27-28-29-30-31-32-33-34-35-36-37-39-41-43-45-47-49-51-57(65)62-54(53-71-61-59(67)60(73-74(68,69)70)58(66)56(52-63)72-61)55(64)50-48-46-44-42-40-38-18-16-14-12-10-8-6-4-2/h21-22,24-25,48,50,54-56,58-61,63-64,66-67H,3-20,23,26-47,49,51-53H2,1-2H3,(H,62,65)(H,68,69,70)/b22-21-,25-24-,50-48+. The summed E-state index contributed by atoms with van der Waals surface area (Å²) < 4.78 is 47.8. The molecule has 0 aliphatic carbocycles. The zero-order valence-corrected chi connectivity index (χ0v) is 48.2. The zero-order valence-electron chi connectivity index (χ0n) is 47.4. The van der Waals surface area contributed by atoms with E-state index in [-0.39, 0.29) is 18.9 Å². The van der Waals surface area contributed by atoms with Crippen molar-refractivity contribution < 1.29 is 51.8 Å². The SMILES string of the molecule is CCCCCCCCCCC/C=C\C/C=C\CCCCCCCCCCCCCCCCCCCC(=O)NC(COC1OC(CO)C(O)C(OS(=O)(=O)O)C1O)C(O)/C=C/CCCCCCCCCCCCCC. The molecule has 0 saturated carbocycles. The molecule has 1 saturated heterocycles. The van der Waals surface area contributed by atoms with Crippen LogP contribution in [0.5, 0.6) is 0 Å². The number of aliphatic hydroxyl groups excluding tert-OH is 4. The molecule has 0 spiro atoms. The van der Waals surface area contributed by atoms with Crippen molar-refractivity contribution in [1.82, 2.24) is 5.32 Å². The predicted molar refractivity (Wildman–Crippen MR) is 305 cm³/mol. The molecule has 6 N–H and O–H groups in total. The first-order valence-electron chi connectivity index (χ1n) is 30.9. The van der Waals surface area contributed by atoms with Gasteiger partial charge in [0.2, 0.25) is 5.91 Å². The van der Waals surface area contributed by atoms with E-state index >= 15 is 0 Å². The molecule has 7 atom stereocenters. The molecule has 1 aliphatic rings. The number of carbonyl (C=O) groups excluding carboxylic acids is 1. The summed E-state index contributed by atoms with van der Waals surface area (Å²) in [5.74, 6) is -0.259. The van der Waals surface area contributed by atoms with Gasteiger partial charge in [0, 0.05) is 6.42 Å². The van der Waals surface area contributed by atoms with Crippen LogP contribution >= 0.6 is 0 Å². The lowest BCUT2D eigenvalue weighted by atomic mass is 9.99. The lowest BCUT2D eigenvalue weighted by Crippen LogP contribution is -2.61. The molecule has 13 heteroatoms. The Morgan fingerprint density at radius 3 is 1.28 bits per heavy atom. The number of unbranched alkanes of at least 4 members (excludes halogenated alkanes) is 38. The van der Waals surface area contributed by atoms with E-state index in [1.807, 2.05) is 6.08 Å². The summed E-state index contributed by atoms with van der Waals surface area (Å²) in [5.41, 5.74) is 0. The van der Waals surface area contributed by atoms with Gasteiger partial charge in [0.1, 0.15) is 24.4 Å². The number of ether oxygens (including phenoxy) is 2. The number of hydrogen-bond donors (Lipinski definition) is 6. The predicted octanol–water partition coefficient (Wildman–Crippen LogP) is 15.0. The van der Waals surface area contributed by atoms with E-state index in [4.69, 9.17) is 9.47 Å². The maximum atomic E-state index is 13.1. The molecular weight excluding hydrogens is 955 g/mol. The highest BCUT2D eigenvalue weighted by atomic mass is 32.3. The van der Waals surface area contributed by atoms with Crippen molar-refractivity contribution in [3.8, 4) is 0 Å². The van der Waals surface area contributed by atoms with Crippen LogP contribution in [-0.4, -0.2) is 95.4 Å². The number of carbonyl (C=O) groups is 1. The molecule has 0 aromatic rings. The van der Waals surface area contributed by atoms with E-state index in [1.165, 1.54) is 218 Å². The van der Waals surface area contributed by atoms with Crippen LogP contribution in [0.1, 0.15) is 290 Å². The lowest BCUT2D eigenvalue weighted by Gasteiger charge is -2.41. The van der Waals surface area contributed by atoms with Crippen LogP contribution in [0.3, 0.4) is 0 Å². The summed E-state index contributed by atoms with van der Waals surface area (Å²) in [6.07, 6.45) is 56.4. The average Bonchev–Trinajstić information content (AvgIpc) is 3.38. The van der Waals surface area contributed by atoms with Crippen LogP contribution in [-0.2, 0) is 28.9 Å². The highest BCUT2D eigenvalue weighted by Crippen LogP contribution is 2.26. The van der Waals surface area contributed by atoms with Gasteiger partial charge in [-0.25, -0.2) is 4.18 Å². The van der Waals surface area contributed by atoms with Gasteiger partial charge in [0.15, 0.2) is 6.29 Å². The summed E-state index contributed by atoms with van der Waals surface area (Å²) in [6.45, 7) is 3.42. The van der Waals surface area contributed by atoms with E-state index in [9.17, 15) is 38.2 Å². The first-order valence-corrected chi connectivity index (χ1v) is 32.2. The molecule has 1 aliphatic heterocycles. The highest BCUT2D eigenvalue weighted by Gasteiger charge is 2.48. The molecular formula is C61H115NO11S. The topological polar surface area (TPSA) is 192 Å². The molecule has 0 aromatic carbocycles. The van der Waals surface area contributed by atoms with Crippen molar-refractivity contribution in [3.05, 3.63) is 36.5 Å². The van der Waals surface area contributed by atoms with E-state index in [0.29, 0.717) is 6.42 Å². The highest BCUT2D eigenvalue weighted by molar-refractivity contribution is 7.80. The third-order valence-electron chi connectivity index (χ3n) is 14.7. The van der Waals surface area contributed by atoms with Gasteiger partial charge in [0.25, 0.3) is 0 Å². The smallest absolute Gasteiger partial charge is 0.394 e. The van der Waals surface area contributed by atoms with Gasteiger partial charge in [-0.15, -0.1) is 0 Å². The lowest BCUT2D eigenvalue weighted by molar-refractivity contribution is -0.298. The van der Waals surface area contributed by atoms with Crippen molar-refractivity contribution in [2.24, 2.45) is 0 Å². The Labute approximate surface area is 454 Å². The fourth-order valence-corrected chi connectivity index (χ4v) is 10.4. The van der Waals surface area contributed by atoms with Crippen molar-refractivity contribution in [3.63, 3.8) is 0 Å². The van der Waals surface area contributed by atoms with Crippen molar-refractivity contribution in [1.29, 1.82) is 0 Å². The number of hydrogen-bond acceptors (Lipinski definition) is 10. The molecule has 74 heavy (non-hydrogen) atoms. The van der Waals surface area contributed by atoms with Gasteiger partial charge in [0.05, 0.1) is 25.4 Å². The second kappa shape index (κ2) is 50.8. The molecule has 0 bridgehead atoms. The fourth-order valence-electron chi connectivity index (χ4n) is 9.90. The molecule has 1 heterocycles. The van der Waals surface area contributed by atoms with Crippen LogP contribution in [0.25, 0.3) is 0 Å².